The van der Waals surface area contributed by atoms with Gasteiger partial charge in [-0.1, -0.05) is 0 Å². The first-order valence-electron chi connectivity index (χ1n) is 7.98. The molecule has 2 aromatic rings. The number of rotatable bonds is 8. The average molecular weight is 358 g/mol. The highest BCUT2D eigenvalue weighted by molar-refractivity contribution is 5.95. The summed E-state index contributed by atoms with van der Waals surface area (Å²) in [7, 11) is 4.61. The van der Waals surface area contributed by atoms with Gasteiger partial charge < -0.3 is 18.9 Å². The van der Waals surface area contributed by atoms with Gasteiger partial charge in [0.1, 0.15) is 11.5 Å². The Bertz CT molecular complexity index is 767. The smallest absolute Gasteiger partial charge is 0.271 e. The predicted octanol–water partition coefficient (Wildman–Crippen LogP) is 2.88. The number of methoxy groups -OCH3 is 3. The van der Waals surface area contributed by atoms with Crippen LogP contribution in [0.15, 0.2) is 41.5 Å². The van der Waals surface area contributed by atoms with Crippen molar-refractivity contribution in [2.24, 2.45) is 5.10 Å². The molecule has 0 aliphatic rings. The van der Waals surface area contributed by atoms with Crippen LogP contribution >= 0.6 is 0 Å². The van der Waals surface area contributed by atoms with Gasteiger partial charge in [-0.15, -0.1) is 0 Å². The number of benzene rings is 2. The maximum absolute atomic E-state index is 12.3. The zero-order valence-electron chi connectivity index (χ0n) is 15.2. The van der Waals surface area contributed by atoms with Crippen LogP contribution < -0.4 is 24.4 Å². The van der Waals surface area contributed by atoms with Crippen molar-refractivity contribution in [3.05, 3.63) is 47.5 Å². The maximum Gasteiger partial charge on any atom is 0.271 e. The van der Waals surface area contributed by atoms with Gasteiger partial charge in [0.05, 0.1) is 34.2 Å². The van der Waals surface area contributed by atoms with E-state index in [0.29, 0.717) is 35.2 Å². The van der Waals surface area contributed by atoms with E-state index < -0.39 is 0 Å². The Balaban J connectivity index is 2.09. The molecule has 26 heavy (non-hydrogen) atoms. The molecule has 1 amide bonds. The number of carbonyl (C=O) groups is 1. The van der Waals surface area contributed by atoms with Crippen LogP contribution in [0.3, 0.4) is 0 Å². The first kappa shape index (κ1) is 19.1. The van der Waals surface area contributed by atoms with Crippen LogP contribution in [0.2, 0.25) is 0 Å². The van der Waals surface area contributed by atoms with E-state index in [1.807, 2.05) is 13.0 Å². The summed E-state index contributed by atoms with van der Waals surface area (Å²) in [6.45, 7) is 2.45. The molecule has 0 aliphatic heterocycles. The Hall–Kier alpha value is -3.22. The molecule has 7 heteroatoms. The van der Waals surface area contributed by atoms with Crippen LogP contribution in [0.25, 0.3) is 0 Å². The molecule has 0 bridgehead atoms. The lowest BCUT2D eigenvalue weighted by molar-refractivity contribution is 0.0954. The molecule has 0 unspecified atom stereocenters. The number of carbonyl (C=O) groups excluding carboxylic acids is 1. The number of amides is 1. The number of nitrogens with one attached hydrogen (secondary N) is 1. The Labute approximate surface area is 152 Å². The van der Waals surface area contributed by atoms with Crippen LogP contribution in [-0.4, -0.2) is 40.1 Å². The Morgan fingerprint density at radius 1 is 1.00 bits per heavy atom. The fourth-order valence-corrected chi connectivity index (χ4v) is 2.21. The minimum absolute atomic E-state index is 0.377. The molecule has 0 aromatic heterocycles. The van der Waals surface area contributed by atoms with Crippen molar-refractivity contribution < 1.29 is 23.7 Å². The van der Waals surface area contributed by atoms with Crippen molar-refractivity contribution in [1.82, 2.24) is 5.43 Å². The normalized spacial score (nSPS) is 10.5. The summed E-state index contributed by atoms with van der Waals surface area (Å²) in [6, 6.07) is 10.3. The number of nitrogens with zero attached hydrogens (tertiary/aromatic N) is 1. The lowest BCUT2D eigenvalue weighted by Crippen LogP contribution is -2.17. The molecule has 0 atom stereocenters. The Morgan fingerprint density at radius 3 is 2.27 bits per heavy atom. The van der Waals surface area contributed by atoms with Crippen LogP contribution in [0, 0.1) is 0 Å². The second kappa shape index (κ2) is 9.31. The summed E-state index contributed by atoms with van der Waals surface area (Å²) in [4.78, 5) is 12.3. The molecule has 0 spiro atoms. The molecule has 2 rings (SSSR count). The third kappa shape index (κ3) is 4.89. The van der Waals surface area contributed by atoms with Crippen molar-refractivity contribution in [2.45, 2.75) is 6.92 Å². The second-order valence-electron chi connectivity index (χ2n) is 5.14. The van der Waals surface area contributed by atoms with E-state index >= 15 is 0 Å². The fraction of sp³-hybridized carbons (Fsp3) is 0.263. The van der Waals surface area contributed by atoms with Crippen LogP contribution in [0.4, 0.5) is 0 Å². The molecule has 0 heterocycles. The molecule has 0 radical (unpaired) electrons. The largest absolute Gasteiger partial charge is 0.497 e. The average Bonchev–Trinajstić information content (AvgIpc) is 2.68. The fourth-order valence-electron chi connectivity index (χ4n) is 2.21. The van der Waals surface area contributed by atoms with Crippen molar-refractivity contribution in [3.8, 4) is 23.0 Å². The highest BCUT2D eigenvalue weighted by atomic mass is 16.5. The molecule has 0 fully saturated rings. The first-order chi connectivity index (χ1) is 12.6. The molecule has 7 nitrogen and oxygen atoms in total. The summed E-state index contributed by atoms with van der Waals surface area (Å²) in [5.41, 5.74) is 3.61. The van der Waals surface area contributed by atoms with E-state index in [1.165, 1.54) is 20.4 Å². The SMILES string of the molecule is CCOc1ccc(/C=N\NC(=O)c2cc(OC)cc(OC)c2)cc1OC. The highest BCUT2D eigenvalue weighted by Crippen LogP contribution is 2.27. The summed E-state index contributed by atoms with van der Waals surface area (Å²) in [5, 5.41) is 3.98. The van der Waals surface area contributed by atoms with E-state index in [0.717, 1.165) is 5.56 Å². The summed E-state index contributed by atoms with van der Waals surface area (Å²) >= 11 is 0. The van der Waals surface area contributed by atoms with Gasteiger partial charge in [-0.05, 0) is 42.8 Å². The number of hydrogen-bond donors (Lipinski definition) is 1. The molecule has 0 aliphatic carbocycles. The van der Waals surface area contributed by atoms with E-state index in [-0.39, 0.29) is 5.91 Å². The molecular weight excluding hydrogens is 336 g/mol. The topological polar surface area (TPSA) is 78.4 Å². The number of hydrazone groups is 1. The maximum atomic E-state index is 12.3. The van der Waals surface area contributed by atoms with Crippen LogP contribution in [-0.2, 0) is 0 Å². The van der Waals surface area contributed by atoms with Crippen molar-refractivity contribution in [3.63, 3.8) is 0 Å². The van der Waals surface area contributed by atoms with Gasteiger partial charge in [-0.2, -0.15) is 5.10 Å². The van der Waals surface area contributed by atoms with Crippen LogP contribution in [0.1, 0.15) is 22.8 Å². The van der Waals surface area contributed by atoms with Gasteiger partial charge in [0, 0.05) is 11.6 Å². The minimum atomic E-state index is -0.378. The quantitative estimate of drug-likeness (QED) is 0.580. The summed E-state index contributed by atoms with van der Waals surface area (Å²) < 4.78 is 21.1. The van der Waals surface area contributed by atoms with Gasteiger partial charge in [-0.25, -0.2) is 5.43 Å². The summed E-state index contributed by atoms with van der Waals surface area (Å²) in [5.74, 6) is 1.92. The minimum Gasteiger partial charge on any atom is -0.497 e. The van der Waals surface area contributed by atoms with Crippen molar-refractivity contribution in [1.29, 1.82) is 0 Å². The zero-order chi connectivity index (χ0) is 18.9. The highest BCUT2D eigenvalue weighted by Gasteiger charge is 2.09. The van der Waals surface area contributed by atoms with Gasteiger partial charge in [0.2, 0.25) is 0 Å². The lowest BCUT2D eigenvalue weighted by Gasteiger charge is -2.09. The molecule has 1 N–H and O–H groups in total. The molecular formula is C19H22N2O5. The molecule has 138 valence electrons. The third-order valence-electron chi connectivity index (χ3n) is 3.48. The van der Waals surface area contributed by atoms with Gasteiger partial charge in [0.25, 0.3) is 5.91 Å². The standard InChI is InChI=1S/C19H22N2O5/c1-5-26-17-7-6-13(8-18(17)25-4)12-20-21-19(22)14-9-15(23-2)11-16(10-14)24-3/h6-12H,5H2,1-4H3,(H,21,22)/b20-12-. The Morgan fingerprint density at radius 2 is 1.69 bits per heavy atom. The molecule has 2 aromatic carbocycles. The second-order valence-corrected chi connectivity index (χ2v) is 5.14. The van der Waals surface area contributed by atoms with Crippen molar-refractivity contribution in [2.75, 3.05) is 27.9 Å². The number of ether oxygens (including phenoxy) is 4. The molecule has 0 saturated carbocycles. The molecule has 0 saturated heterocycles. The van der Waals surface area contributed by atoms with Crippen LogP contribution in [0.5, 0.6) is 23.0 Å². The lowest BCUT2D eigenvalue weighted by atomic mass is 10.2. The van der Waals surface area contributed by atoms with Crippen molar-refractivity contribution >= 4 is 12.1 Å². The summed E-state index contributed by atoms with van der Waals surface area (Å²) in [6.07, 6.45) is 1.52. The zero-order valence-corrected chi connectivity index (χ0v) is 15.2. The number of hydrogen-bond acceptors (Lipinski definition) is 6. The van der Waals surface area contributed by atoms with Gasteiger partial charge in [0.15, 0.2) is 11.5 Å². The van der Waals surface area contributed by atoms with Gasteiger partial charge in [-0.3, -0.25) is 4.79 Å². The Kier molecular flexibility index (Phi) is 6.84. The van der Waals surface area contributed by atoms with E-state index in [2.05, 4.69) is 10.5 Å². The first-order valence-corrected chi connectivity index (χ1v) is 7.98. The van der Waals surface area contributed by atoms with E-state index in [1.54, 1.807) is 37.4 Å². The van der Waals surface area contributed by atoms with Gasteiger partial charge >= 0.3 is 0 Å². The predicted molar refractivity (Wildman–Crippen MR) is 98.8 cm³/mol. The van der Waals surface area contributed by atoms with E-state index in [9.17, 15) is 4.79 Å². The monoisotopic (exact) mass is 358 g/mol. The third-order valence-corrected chi connectivity index (χ3v) is 3.48. The van der Waals surface area contributed by atoms with E-state index in [4.69, 9.17) is 18.9 Å².